The minimum Gasteiger partial charge on any atom is -0.493 e. The number of halogens is 1. The highest BCUT2D eigenvalue weighted by molar-refractivity contribution is 14.0. The van der Waals surface area contributed by atoms with Gasteiger partial charge in [-0.25, -0.2) is 0 Å². The monoisotopic (exact) mass is 474 g/mol. The predicted octanol–water partition coefficient (Wildman–Crippen LogP) is 2.39. The molecule has 3 N–H and O–H groups in total. The van der Waals surface area contributed by atoms with Crippen molar-refractivity contribution in [3.8, 4) is 5.75 Å². The van der Waals surface area contributed by atoms with Crippen molar-refractivity contribution in [1.82, 2.24) is 10.2 Å². The van der Waals surface area contributed by atoms with Crippen molar-refractivity contribution in [2.24, 2.45) is 16.6 Å². The standard InChI is InChI=1S/C19H30N4O2.HI/c1-14(2)12-23-8-10-24-15(13-23)11-21-19(20)22-17-7-9-25-18-6-4-3-5-16(17)18;/h3-6,14-15,17H,7-13H2,1-2H3,(H3,20,21,22);1H. The first-order valence-corrected chi connectivity index (χ1v) is 9.24. The van der Waals surface area contributed by atoms with Crippen LogP contribution in [-0.2, 0) is 4.74 Å². The smallest absolute Gasteiger partial charge is 0.189 e. The Kier molecular flexibility index (Phi) is 8.43. The van der Waals surface area contributed by atoms with Gasteiger partial charge >= 0.3 is 0 Å². The molecular weight excluding hydrogens is 443 g/mol. The van der Waals surface area contributed by atoms with Crippen LogP contribution in [0, 0.1) is 5.92 Å². The van der Waals surface area contributed by atoms with E-state index in [1.165, 1.54) is 0 Å². The summed E-state index contributed by atoms with van der Waals surface area (Å²) in [5, 5.41) is 3.34. The highest BCUT2D eigenvalue weighted by Gasteiger charge is 2.23. The first-order chi connectivity index (χ1) is 12.1. The zero-order valence-corrected chi connectivity index (χ0v) is 18.0. The summed E-state index contributed by atoms with van der Waals surface area (Å²) in [5.41, 5.74) is 7.27. The van der Waals surface area contributed by atoms with E-state index < -0.39 is 0 Å². The maximum atomic E-state index is 6.12. The molecule has 0 spiro atoms. The van der Waals surface area contributed by atoms with Crippen LogP contribution in [0.3, 0.4) is 0 Å². The fourth-order valence-corrected chi connectivity index (χ4v) is 3.49. The van der Waals surface area contributed by atoms with Gasteiger partial charge < -0.3 is 20.5 Å². The van der Waals surface area contributed by atoms with E-state index in [0.29, 0.717) is 25.0 Å². The molecule has 0 saturated carbocycles. The van der Waals surface area contributed by atoms with Crippen LogP contribution in [0.15, 0.2) is 29.3 Å². The van der Waals surface area contributed by atoms with E-state index in [1.807, 2.05) is 18.2 Å². The number of ether oxygens (including phenoxy) is 2. The van der Waals surface area contributed by atoms with E-state index in [2.05, 4.69) is 35.1 Å². The number of nitrogens with two attached hydrogens (primary N) is 1. The molecule has 2 aliphatic heterocycles. The van der Waals surface area contributed by atoms with Crippen molar-refractivity contribution in [2.75, 3.05) is 39.4 Å². The quantitative estimate of drug-likeness (QED) is 0.390. The minimum atomic E-state index is 0. The van der Waals surface area contributed by atoms with Gasteiger partial charge in [-0.1, -0.05) is 32.0 Å². The SMILES string of the molecule is CC(C)CN1CCOC(CN=C(N)NC2CCOc3ccccc32)C1.I. The van der Waals surface area contributed by atoms with Crippen molar-refractivity contribution in [3.05, 3.63) is 29.8 Å². The molecule has 7 heteroatoms. The molecule has 0 amide bonds. The third kappa shape index (κ3) is 5.99. The number of hydrogen-bond acceptors (Lipinski definition) is 4. The molecule has 146 valence electrons. The fourth-order valence-electron chi connectivity index (χ4n) is 3.49. The number of aliphatic imine (C=N–C) groups is 1. The average Bonchev–Trinajstić information content (AvgIpc) is 2.60. The lowest BCUT2D eigenvalue weighted by molar-refractivity contribution is -0.0261. The van der Waals surface area contributed by atoms with Gasteiger partial charge in [0, 0.05) is 31.6 Å². The Morgan fingerprint density at radius 1 is 1.35 bits per heavy atom. The Morgan fingerprint density at radius 3 is 2.96 bits per heavy atom. The average molecular weight is 474 g/mol. The molecule has 2 aliphatic rings. The van der Waals surface area contributed by atoms with E-state index >= 15 is 0 Å². The molecule has 0 aliphatic carbocycles. The van der Waals surface area contributed by atoms with E-state index in [1.54, 1.807) is 0 Å². The van der Waals surface area contributed by atoms with Crippen LogP contribution in [0.1, 0.15) is 31.9 Å². The molecule has 2 atom stereocenters. The number of rotatable bonds is 5. The minimum absolute atomic E-state index is 0. The summed E-state index contributed by atoms with van der Waals surface area (Å²) in [7, 11) is 0. The zero-order valence-electron chi connectivity index (χ0n) is 15.7. The molecule has 0 bridgehead atoms. The third-order valence-corrected chi connectivity index (χ3v) is 4.59. The molecule has 6 nitrogen and oxygen atoms in total. The highest BCUT2D eigenvalue weighted by atomic mass is 127. The normalized spacial score (nSPS) is 23.7. The molecular formula is C19H31IN4O2. The number of nitrogens with one attached hydrogen (secondary N) is 1. The van der Waals surface area contributed by atoms with Crippen molar-refractivity contribution in [3.63, 3.8) is 0 Å². The van der Waals surface area contributed by atoms with Crippen LogP contribution in [-0.4, -0.2) is 56.4 Å². The van der Waals surface area contributed by atoms with Gasteiger partial charge in [-0.3, -0.25) is 9.89 Å². The van der Waals surface area contributed by atoms with Crippen LogP contribution < -0.4 is 15.8 Å². The molecule has 1 aromatic carbocycles. The van der Waals surface area contributed by atoms with Gasteiger partial charge in [0.05, 0.1) is 31.9 Å². The molecule has 0 radical (unpaired) electrons. The number of nitrogens with zero attached hydrogens (tertiary/aromatic N) is 2. The van der Waals surface area contributed by atoms with Crippen LogP contribution in [0.4, 0.5) is 0 Å². The van der Waals surface area contributed by atoms with Crippen molar-refractivity contribution >= 4 is 29.9 Å². The second-order valence-electron chi connectivity index (χ2n) is 7.24. The summed E-state index contributed by atoms with van der Waals surface area (Å²) >= 11 is 0. The van der Waals surface area contributed by atoms with E-state index in [-0.39, 0.29) is 36.1 Å². The number of guanidine groups is 1. The summed E-state index contributed by atoms with van der Waals surface area (Å²) in [6, 6.07) is 8.23. The Balaban J connectivity index is 0.00000243. The van der Waals surface area contributed by atoms with Crippen molar-refractivity contribution in [1.29, 1.82) is 0 Å². The second kappa shape index (κ2) is 10.3. The number of hydrogen-bond donors (Lipinski definition) is 2. The van der Waals surface area contributed by atoms with Crippen LogP contribution in [0.5, 0.6) is 5.75 Å². The molecule has 26 heavy (non-hydrogen) atoms. The maximum absolute atomic E-state index is 6.12. The first-order valence-electron chi connectivity index (χ1n) is 9.24. The number of fused-ring (bicyclic) bond motifs is 1. The number of morpholine rings is 1. The van der Waals surface area contributed by atoms with Gasteiger partial charge in [0.15, 0.2) is 5.96 Å². The molecule has 1 fully saturated rings. The number of benzene rings is 1. The molecule has 2 unspecified atom stereocenters. The lowest BCUT2D eigenvalue weighted by atomic mass is 10.0. The fraction of sp³-hybridized carbons (Fsp3) is 0.632. The first kappa shape index (κ1) is 21.2. The van der Waals surface area contributed by atoms with E-state index in [9.17, 15) is 0 Å². The second-order valence-corrected chi connectivity index (χ2v) is 7.24. The Hall–Kier alpha value is -1.06. The van der Waals surface area contributed by atoms with Crippen molar-refractivity contribution in [2.45, 2.75) is 32.4 Å². The van der Waals surface area contributed by atoms with Gasteiger partial charge in [0.2, 0.25) is 0 Å². The lowest BCUT2D eigenvalue weighted by Gasteiger charge is -2.33. The van der Waals surface area contributed by atoms with Gasteiger partial charge in [-0.05, 0) is 12.0 Å². The molecule has 3 rings (SSSR count). The molecule has 0 aromatic heterocycles. The highest BCUT2D eigenvalue weighted by Crippen LogP contribution is 2.31. The molecule has 1 saturated heterocycles. The summed E-state index contributed by atoms with van der Waals surface area (Å²) in [6.45, 7) is 9.59. The third-order valence-electron chi connectivity index (χ3n) is 4.59. The van der Waals surface area contributed by atoms with Crippen molar-refractivity contribution < 1.29 is 9.47 Å². The predicted molar refractivity (Wildman–Crippen MR) is 115 cm³/mol. The van der Waals surface area contributed by atoms with Gasteiger partial charge in [0.25, 0.3) is 0 Å². The Morgan fingerprint density at radius 2 is 2.15 bits per heavy atom. The van der Waals surface area contributed by atoms with Gasteiger partial charge in [-0.2, -0.15) is 0 Å². The van der Waals surface area contributed by atoms with E-state index in [0.717, 1.165) is 44.0 Å². The van der Waals surface area contributed by atoms with Gasteiger partial charge in [-0.15, -0.1) is 24.0 Å². The summed E-state index contributed by atoms with van der Waals surface area (Å²) < 4.78 is 11.5. The summed E-state index contributed by atoms with van der Waals surface area (Å²) in [6.07, 6.45) is 1.00. The van der Waals surface area contributed by atoms with E-state index in [4.69, 9.17) is 15.2 Å². The topological polar surface area (TPSA) is 72.1 Å². The van der Waals surface area contributed by atoms with Gasteiger partial charge in [0.1, 0.15) is 5.75 Å². The summed E-state index contributed by atoms with van der Waals surface area (Å²) in [4.78, 5) is 6.97. The zero-order chi connectivity index (χ0) is 17.6. The Labute approximate surface area is 173 Å². The maximum Gasteiger partial charge on any atom is 0.189 e. The number of para-hydroxylation sites is 1. The summed E-state index contributed by atoms with van der Waals surface area (Å²) in [5.74, 6) is 2.08. The van der Waals surface area contributed by atoms with Crippen LogP contribution >= 0.6 is 24.0 Å². The van der Waals surface area contributed by atoms with Crippen LogP contribution in [0.25, 0.3) is 0 Å². The van der Waals surface area contributed by atoms with Crippen LogP contribution in [0.2, 0.25) is 0 Å². The largest absolute Gasteiger partial charge is 0.493 e. The molecule has 1 aromatic rings. The lowest BCUT2D eigenvalue weighted by Crippen LogP contribution is -2.45. The molecule has 2 heterocycles. The Bertz CT molecular complexity index is 597.